The minimum atomic E-state index is -4.74. The van der Waals surface area contributed by atoms with Gasteiger partial charge in [-0.25, -0.2) is 13.4 Å². The van der Waals surface area contributed by atoms with E-state index in [0.717, 1.165) is 12.1 Å². The first-order valence-electron chi connectivity index (χ1n) is 7.34. The minimum Gasteiger partial charge on any atom is -0.870 e. The summed E-state index contributed by atoms with van der Waals surface area (Å²) in [6.45, 7) is 0. The van der Waals surface area contributed by atoms with Crippen molar-refractivity contribution < 1.29 is 95.9 Å². The number of carbonyl (C=O) groups excluding carboxylic acids is 1. The van der Waals surface area contributed by atoms with Crippen molar-refractivity contribution in [2.75, 3.05) is 0 Å². The second-order valence-corrected chi connectivity index (χ2v) is 8.03. The van der Waals surface area contributed by atoms with Gasteiger partial charge in [-0.2, -0.15) is 0 Å². The standard InChI is InChI=1S/C16H9N2O7S2.2Na.H2O/c19-15-9-5-7(26(21)22)1-3-11(9)17-13(15)14-16(20)10-6-8(27(23,24)25)2-4-12(10)18-14;;;/h1-6,17,19H,(H,23,24,25);;;1H2/q-1;2*+1;/p-2. The van der Waals surface area contributed by atoms with E-state index in [-0.39, 0.29) is 103 Å². The van der Waals surface area contributed by atoms with Gasteiger partial charge in [0.25, 0.3) is 0 Å². The molecule has 1 aliphatic rings. The monoisotopic (exact) mass is 467 g/mol. The number of rotatable bonds is 3. The number of aromatic nitrogens is 1. The number of carbonyl (C=O) groups is 1. The van der Waals surface area contributed by atoms with Gasteiger partial charge in [0.15, 0.2) is 5.75 Å². The first-order valence-corrected chi connectivity index (χ1v) is 9.83. The molecule has 0 fully saturated rings. The molecule has 30 heavy (non-hydrogen) atoms. The first kappa shape index (κ1) is 27.0. The van der Waals surface area contributed by atoms with E-state index in [1.807, 2.05) is 0 Å². The number of aliphatic imine (C=N–C) groups is 1. The van der Waals surface area contributed by atoms with Crippen LogP contribution in [-0.2, 0) is 29.2 Å². The van der Waals surface area contributed by atoms with Crippen LogP contribution in [0, 0.1) is 0 Å². The number of aromatic amines is 1. The van der Waals surface area contributed by atoms with Crippen LogP contribution in [-0.4, -0.2) is 40.0 Å². The molecule has 0 amide bonds. The van der Waals surface area contributed by atoms with Crippen molar-refractivity contribution in [3.8, 4) is 5.75 Å². The van der Waals surface area contributed by atoms with E-state index in [4.69, 9.17) is 0 Å². The minimum absolute atomic E-state index is 0. The van der Waals surface area contributed by atoms with E-state index in [9.17, 15) is 31.3 Å². The summed E-state index contributed by atoms with van der Waals surface area (Å²) in [7, 11) is -7.24. The van der Waals surface area contributed by atoms with Crippen LogP contribution in [0.4, 0.5) is 5.69 Å². The molecule has 0 spiro atoms. The fraction of sp³-hybridized carbons (Fsp3) is 0. The maximum Gasteiger partial charge on any atom is 1.00 e. The van der Waals surface area contributed by atoms with Crippen molar-refractivity contribution in [1.82, 2.24) is 4.98 Å². The molecule has 0 saturated carbocycles. The van der Waals surface area contributed by atoms with Gasteiger partial charge in [0.05, 0.1) is 16.1 Å². The molecule has 1 aliphatic heterocycles. The average Bonchev–Trinajstić information content (AvgIpc) is 3.11. The van der Waals surface area contributed by atoms with Gasteiger partial charge in [0.2, 0.25) is 5.78 Å². The fourth-order valence-corrected chi connectivity index (χ4v) is 3.74. The van der Waals surface area contributed by atoms with Crippen molar-refractivity contribution in [2.24, 2.45) is 4.99 Å². The third kappa shape index (κ3) is 4.58. The zero-order valence-electron chi connectivity index (χ0n) is 15.6. The molecule has 0 saturated heterocycles. The Hall–Kier alpha value is -1.06. The van der Waals surface area contributed by atoms with E-state index >= 15 is 0 Å². The molecule has 0 bridgehead atoms. The van der Waals surface area contributed by atoms with Crippen LogP contribution in [0.5, 0.6) is 5.75 Å². The summed E-state index contributed by atoms with van der Waals surface area (Å²) in [6, 6.07) is 7.20. The average molecular weight is 467 g/mol. The van der Waals surface area contributed by atoms with Crippen molar-refractivity contribution in [3.63, 3.8) is 0 Å². The Balaban J connectivity index is 0.00000150. The second-order valence-electron chi connectivity index (χ2n) is 5.71. The third-order valence-corrected chi connectivity index (χ3v) is 5.59. The molecule has 0 atom stereocenters. The van der Waals surface area contributed by atoms with Crippen molar-refractivity contribution in [1.29, 1.82) is 0 Å². The second kappa shape index (κ2) is 9.61. The summed E-state index contributed by atoms with van der Waals surface area (Å²) in [5.41, 5.74) is 0.240. The molecule has 14 heteroatoms. The Morgan fingerprint density at radius 3 is 2.33 bits per heavy atom. The molecule has 0 radical (unpaired) electrons. The molecule has 2 heterocycles. The Morgan fingerprint density at radius 1 is 1.07 bits per heavy atom. The maximum absolute atomic E-state index is 12.6. The van der Waals surface area contributed by atoms with E-state index in [1.165, 1.54) is 24.3 Å². The van der Waals surface area contributed by atoms with E-state index in [1.54, 1.807) is 0 Å². The molecule has 10 nitrogen and oxygen atoms in total. The molecule has 4 rings (SSSR count). The van der Waals surface area contributed by atoms with Gasteiger partial charge in [-0.1, -0.05) is 17.0 Å². The van der Waals surface area contributed by atoms with Crippen LogP contribution in [0.25, 0.3) is 10.9 Å². The number of fused-ring (bicyclic) bond motifs is 2. The van der Waals surface area contributed by atoms with Crippen LogP contribution in [0.3, 0.4) is 0 Å². The molecule has 3 N–H and O–H groups in total. The van der Waals surface area contributed by atoms with E-state index in [2.05, 4.69) is 9.98 Å². The number of H-pyrrole nitrogens is 1. The van der Waals surface area contributed by atoms with Gasteiger partial charge in [-0.3, -0.25) is 4.79 Å². The normalized spacial score (nSPS) is 12.6. The number of nitrogens with zero attached hydrogens (tertiary/aromatic N) is 1. The number of nitrogens with one attached hydrogen (secondary N) is 1. The number of Topliss-reactive ketones (excluding diaryl/α,β-unsaturated/α-hetero) is 1. The Bertz CT molecular complexity index is 1370. The number of ketones is 1. The number of hydrogen-bond donors (Lipinski definition) is 2. The van der Waals surface area contributed by atoms with Crippen molar-refractivity contribution in [2.45, 2.75) is 9.79 Å². The van der Waals surface area contributed by atoms with Gasteiger partial charge < -0.3 is 28.5 Å². The number of aromatic hydroxyl groups is 1. The van der Waals surface area contributed by atoms with Crippen LogP contribution in [0.1, 0.15) is 16.1 Å². The summed E-state index contributed by atoms with van der Waals surface area (Å²) in [4.78, 5) is 18.9. The Morgan fingerprint density at radius 2 is 1.73 bits per heavy atom. The van der Waals surface area contributed by atoms with E-state index < -0.39 is 31.5 Å². The molecular weight excluding hydrogens is 458 g/mol. The predicted octanol–water partition coefficient (Wildman–Crippen LogP) is -4.41. The summed E-state index contributed by atoms with van der Waals surface area (Å²) >= 11 is 0. The van der Waals surface area contributed by atoms with Crippen molar-refractivity contribution >= 4 is 48.9 Å². The van der Waals surface area contributed by atoms with Gasteiger partial charge in [0.1, 0.15) is 21.5 Å². The quantitative estimate of drug-likeness (QED) is 0.219. The Kier molecular flexibility index (Phi) is 8.64. The summed E-state index contributed by atoms with van der Waals surface area (Å²) in [6.07, 6.45) is 0. The fourth-order valence-electron chi connectivity index (χ4n) is 2.85. The smallest absolute Gasteiger partial charge is 0.870 e. The molecule has 1 aromatic heterocycles. The number of hydrogen-bond acceptors (Lipinski definition) is 10. The molecule has 146 valence electrons. The third-order valence-electron chi connectivity index (χ3n) is 4.12. The van der Waals surface area contributed by atoms with Crippen molar-refractivity contribution in [3.05, 3.63) is 47.7 Å². The van der Waals surface area contributed by atoms with Gasteiger partial charge in [-0.05, 0) is 35.0 Å². The molecule has 2 aromatic carbocycles. The number of benzene rings is 2. The van der Waals surface area contributed by atoms with Crippen LogP contribution >= 0.6 is 0 Å². The van der Waals surface area contributed by atoms with Gasteiger partial charge >= 0.3 is 59.1 Å². The zero-order valence-corrected chi connectivity index (χ0v) is 21.2. The topological polar surface area (TPSA) is 187 Å². The predicted molar refractivity (Wildman–Crippen MR) is 93.8 cm³/mol. The largest absolute Gasteiger partial charge is 1.00 e. The maximum atomic E-state index is 12.6. The van der Waals surface area contributed by atoms with Crippen LogP contribution in [0.15, 0.2) is 51.2 Å². The van der Waals surface area contributed by atoms with Gasteiger partial charge in [-0.15, -0.1) is 0 Å². The van der Waals surface area contributed by atoms with Crippen LogP contribution < -0.4 is 59.1 Å². The molecule has 0 unspecified atom stereocenters. The summed E-state index contributed by atoms with van der Waals surface area (Å²) in [5, 5.41) is 10.6. The van der Waals surface area contributed by atoms with Crippen LogP contribution in [0.2, 0.25) is 0 Å². The van der Waals surface area contributed by atoms with Gasteiger partial charge in [0, 0.05) is 10.9 Å². The Labute approximate surface area is 216 Å². The molecule has 3 aromatic rings. The molecular formula is C16H9N2Na2O8S2-. The SMILES string of the molecule is O=C1C(c2[nH]c3ccc([S-](=O)=O)cc3c2O)=Nc2ccc(S(=O)(=O)[O-])cc21.[Na+].[Na+].[OH-]. The molecule has 0 aliphatic carbocycles. The zero-order chi connectivity index (χ0) is 19.5. The van der Waals surface area contributed by atoms with E-state index in [0.29, 0.717) is 5.52 Å². The first-order chi connectivity index (χ1) is 12.7. The summed E-state index contributed by atoms with van der Waals surface area (Å²) < 4.78 is 55.6. The summed E-state index contributed by atoms with van der Waals surface area (Å²) in [5.74, 6) is -1.04.